The van der Waals surface area contributed by atoms with Crippen LogP contribution in [0.5, 0.6) is 5.75 Å². The van der Waals surface area contributed by atoms with Crippen molar-refractivity contribution in [2.24, 2.45) is 0 Å². The normalized spacial score (nSPS) is 11.8. The van der Waals surface area contributed by atoms with Gasteiger partial charge in [0, 0.05) is 16.7 Å². The molecule has 0 bridgehead atoms. The van der Waals surface area contributed by atoms with Gasteiger partial charge < -0.3 is 5.11 Å². The zero-order chi connectivity index (χ0) is 54.3. The number of hydrogen-bond acceptors (Lipinski definition) is 3. The van der Waals surface area contributed by atoms with E-state index >= 15 is 0 Å². The van der Waals surface area contributed by atoms with Gasteiger partial charge in [-0.3, -0.25) is 9.13 Å². The van der Waals surface area contributed by atoms with Crippen molar-refractivity contribution < 1.29 is 5.11 Å². The zero-order valence-corrected chi connectivity index (χ0v) is 46.4. The molecule has 1 N–H and O–H groups in total. The maximum atomic E-state index is 11.7. The number of aromatic nitrogens is 4. The molecule has 386 valence electrons. The Morgan fingerprint density at radius 3 is 1.46 bits per heavy atom. The molecule has 0 spiro atoms. The number of fused-ring (bicyclic) bond motifs is 2. The van der Waals surface area contributed by atoms with E-state index in [0.717, 1.165) is 67.1 Å². The van der Waals surface area contributed by atoms with Crippen LogP contribution >= 0.6 is 0 Å². The summed E-state index contributed by atoms with van der Waals surface area (Å²) in [5.41, 5.74) is 16.6. The molecular weight excluding hydrogens is 989 g/mol. The highest BCUT2D eigenvalue weighted by atomic mass is 28.3. The third-order valence-electron chi connectivity index (χ3n) is 15.9. The average molecular weight is 1050 g/mol. The molecular formula is C74H60N4OSi. The minimum atomic E-state index is -2.90. The van der Waals surface area contributed by atoms with Gasteiger partial charge in [0.1, 0.15) is 17.4 Å². The van der Waals surface area contributed by atoms with Crippen LogP contribution in [0, 0.1) is 0 Å². The molecule has 2 heterocycles. The van der Waals surface area contributed by atoms with Gasteiger partial charge in [0.05, 0.1) is 39.0 Å². The van der Waals surface area contributed by atoms with Gasteiger partial charge >= 0.3 is 0 Å². The van der Waals surface area contributed by atoms with Crippen molar-refractivity contribution >= 4 is 50.9 Å². The third kappa shape index (κ3) is 8.66. The molecule has 5 nitrogen and oxygen atoms in total. The summed E-state index contributed by atoms with van der Waals surface area (Å²) in [7, 11) is -2.90. The quantitative estimate of drug-likeness (QED) is 0.0925. The van der Waals surface area contributed by atoms with Crippen LogP contribution in [0.25, 0.3) is 89.6 Å². The lowest BCUT2D eigenvalue weighted by atomic mass is 9.88. The smallest absolute Gasteiger partial charge is 0.179 e. The number of phenols is 1. The van der Waals surface area contributed by atoms with E-state index in [1.807, 2.05) is 18.2 Å². The van der Waals surface area contributed by atoms with Gasteiger partial charge in [-0.15, -0.1) is 0 Å². The number of phenolic OH excluding ortho intramolecular Hbond substituents is 1. The second kappa shape index (κ2) is 21.0. The summed E-state index contributed by atoms with van der Waals surface area (Å²) in [6.45, 7) is 9.08. The molecule has 0 saturated heterocycles. The molecule has 80 heavy (non-hydrogen) atoms. The molecule has 11 aromatic carbocycles. The molecule has 0 aliphatic carbocycles. The zero-order valence-electron chi connectivity index (χ0n) is 45.4. The van der Waals surface area contributed by atoms with Crippen molar-refractivity contribution in [3.63, 3.8) is 0 Å². The molecule has 0 radical (unpaired) electrons. The lowest BCUT2D eigenvalue weighted by Gasteiger charge is -2.35. The van der Waals surface area contributed by atoms with E-state index in [2.05, 4.69) is 286 Å². The summed E-state index contributed by atoms with van der Waals surface area (Å²) < 4.78 is 4.68. The van der Waals surface area contributed by atoms with Crippen LogP contribution in [0.3, 0.4) is 0 Å². The van der Waals surface area contributed by atoms with Crippen LogP contribution in [0.4, 0.5) is 0 Å². The molecule has 13 rings (SSSR count). The van der Waals surface area contributed by atoms with Gasteiger partial charge in [-0.25, -0.2) is 9.97 Å². The SMILES string of the molecule is CC(C)c1cc(-c2ccccc2)cc(C(C)C)c1-n1c(-c2ccccc2O)nc2c(-c3cccc(-c4nc5ccccc5n4-c4ccc([Si](c5ccccc5)(c5ccccc5)c5ccccc5)cc4-c4ccccc4)c3)cccc21. The second-order valence-electron chi connectivity index (χ2n) is 21.4. The van der Waals surface area contributed by atoms with Gasteiger partial charge in [0.2, 0.25) is 0 Å². The van der Waals surface area contributed by atoms with E-state index < -0.39 is 8.07 Å². The number of rotatable bonds is 13. The molecule has 0 aliphatic rings. The van der Waals surface area contributed by atoms with E-state index in [-0.39, 0.29) is 17.6 Å². The van der Waals surface area contributed by atoms with Gasteiger partial charge in [-0.1, -0.05) is 246 Å². The van der Waals surface area contributed by atoms with E-state index in [4.69, 9.17) is 9.97 Å². The van der Waals surface area contributed by atoms with Crippen LogP contribution in [0.2, 0.25) is 0 Å². The summed E-state index contributed by atoms with van der Waals surface area (Å²) in [6.07, 6.45) is 0. The predicted molar refractivity (Wildman–Crippen MR) is 336 cm³/mol. The summed E-state index contributed by atoms with van der Waals surface area (Å²) in [4.78, 5) is 11.1. The number of imidazole rings is 2. The number of benzene rings is 11. The van der Waals surface area contributed by atoms with Crippen LogP contribution in [-0.2, 0) is 0 Å². The highest BCUT2D eigenvalue weighted by molar-refractivity contribution is 7.20. The molecule has 0 saturated carbocycles. The number of nitrogens with zero attached hydrogens (tertiary/aromatic N) is 4. The Labute approximate surface area is 469 Å². The van der Waals surface area contributed by atoms with Crippen molar-refractivity contribution in [3.05, 3.63) is 284 Å². The van der Waals surface area contributed by atoms with E-state index in [9.17, 15) is 5.11 Å². The average Bonchev–Trinajstić information content (AvgIpc) is 4.21. The van der Waals surface area contributed by atoms with Crippen molar-refractivity contribution in [2.75, 3.05) is 0 Å². The Kier molecular flexibility index (Phi) is 13.1. The predicted octanol–water partition coefficient (Wildman–Crippen LogP) is 16.0. The van der Waals surface area contributed by atoms with E-state index in [1.54, 1.807) is 6.07 Å². The molecule has 0 atom stereocenters. The van der Waals surface area contributed by atoms with Gasteiger partial charge in [0.15, 0.2) is 8.07 Å². The monoisotopic (exact) mass is 1050 g/mol. The minimum absolute atomic E-state index is 0.180. The Balaban J connectivity index is 1.03. The number of para-hydroxylation sites is 4. The first-order valence-corrected chi connectivity index (χ1v) is 29.8. The second-order valence-corrected chi connectivity index (χ2v) is 25.2. The standard InChI is InChI=1S/C74H60N4OSi/c1-50(2)63-47-56(52-26-10-5-11-27-52)48-64(51(3)4)72(63)78-69-42-25-39-61(71(69)76-74(78)62-38-20-23-43-70(62)79)54-30-24-31-55(46-54)73-75-66-40-21-22-41-68(66)77(73)67-45-44-60(49-65(67)53-28-12-6-13-29-53)80(57-32-14-7-15-33-57,58-34-16-8-17-35-58)59-36-18-9-19-37-59/h5-51,79H,1-4H3. The van der Waals surface area contributed by atoms with Crippen molar-refractivity contribution in [3.8, 4) is 73.3 Å². The third-order valence-corrected chi connectivity index (χ3v) is 20.7. The lowest BCUT2D eigenvalue weighted by molar-refractivity contribution is 0.477. The number of hydrogen-bond donors (Lipinski definition) is 1. The molecule has 0 unspecified atom stereocenters. The highest BCUT2D eigenvalue weighted by Gasteiger charge is 2.42. The summed E-state index contributed by atoms with van der Waals surface area (Å²) >= 11 is 0. The van der Waals surface area contributed by atoms with Crippen LogP contribution in [-0.4, -0.2) is 32.3 Å². The van der Waals surface area contributed by atoms with Crippen LogP contribution in [0.1, 0.15) is 50.7 Å². The molecule has 0 amide bonds. The summed E-state index contributed by atoms with van der Waals surface area (Å²) in [6, 6.07) is 98.1. The molecule has 0 aliphatic heterocycles. The fourth-order valence-electron chi connectivity index (χ4n) is 12.2. The first-order chi connectivity index (χ1) is 39.3. The Morgan fingerprint density at radius 1 is 0.350 bits per heavy atom. The maximum absolute atomic E-state index is 11.7. The fourth-order valence-corrected chi connectivity index (χ4v) is 17.0. The van der Waals surface area contributed by atoms with E-state index in [0.29, 0.717) is 11.4 Å². The fraction of sp³-hybridized carbons (Fsp3) is 0.0811. The molecule has 0 fully saturated rings. The number of aromatic hydroxyl groups is 1. The lowest BCUT2D eigenvalue weighted by Crippen LogP contribution is -2.74. The Bertz CT molecular complexity index is 4230. The first kappa shape index (κ1) is 49.9. The Morgan fingerprint density at radius 2 is 0.850 bits per heavy atom. The molecule has 6 heteroatoms. The molecule has 13 aromatic rings. The summed E-state index contributed by atoms with van der Waals surface area (Å²) in [5.74, 6) is 2.07. The van der Waals surface area contributed by atoms with Gasteiger partial charge in [-0.2, -0.15) is 0 Å². The van der Waals surface area contributed by atoms with Crippen LogP contribution < -0.4 is 20.7 Å². The van der Waals surface area contributed by atoms with Crippen molar-refractivity contribution in [1.29, 1.82) is 0 Å². The largest absolute Gasteiger partial charge is 0.507 e. The van der Waals surface area contributed by atoms with Gasteiger partial charge in [0.25, 0.3) is 0 Å². The topological polar surface area (TPSA) is 55.9 Å². The van der Waals surface area contributed by atoms with Gasteiger partial charge in [-0.05, 0) is 121 Å². The van der Waals surface area contributed by atoms with Crippen molar-refractivity contribution in [1.82, 2.24) is 19.1 Å². The first-order valence-electron chi connectivity index (χ1n) is 27.8. The summed E-state index contributed by atoms with van der Waals surface area (Å²) in [5, 5.41) is 16.9. The van der Waals surface area contributed by atoms with Crippen molar-refractivity contribution in [2.45, 2.75) is 39.5 Å². The van der Waals surface area contributed by atoms with Crippen LogP contribution in [0.15, 0.2) is 273 Å². The minimum Gasteiger partial charge on any atom is -0.507 e. The molecule has 2 aromatic heterocycles. The Hall–Kier alpha value is -9.62. The highest BCUT2D eigenvalue weighted by Crippen LogP contribution is 2.44. The maximum Gasteiger partial charge on any atom is 0.179 e. The van der Waals surface area contributed by atoms with E-state index in [1.165, 1.54) is 43.0 Å².